The van der Waals surface area contributed by atoms with Gasteiger partial charge in [0, 0.05) is 6.42 Å². The fraction of sp³-hybridized carbons (Fsp3) is 0.592. The van der Waals surface area contributed by atoms with Gasteiger partial charge >= 0.3 is 11.9 Å². The van der Waals surface area contributed by atoms with Gasteiger partial charge in [0.15, 0.2) is 12.4 Å². The zero-order valence-electron chi connectivity index (χ0n) is 35.9. The number of ether oxygens (including phenoxy) is 4. The van der Waals surface area contributed by atoms with Crippen LogP contribution in [0.5, 0.6) is 0 Å². The number of unbranched alkanes of at least 4 members (excludes halogenated alkanes) is 6. The lowest BCUT2D eigenvalue weighted by Crippen LogP contribution is -2.59. The highest BCUT2D eigenvalue weighted by molar-refractivity contribution is 5.71. The zero-order chi connectivity index (χ0) is 43.0. The second-order valence-electron chi connectivity index (χ2n) is 14.4. The number of carbonyl (C=O) groups excluding carboxylic acids is 2. The molecule has 0 aromatic carbocycles. The van der Waals surface area contributed by atoms with Crippen molar-refractivity contribution in [3.05, 3.63) is 109 Å². The number of aliphatic hydroxyl groups is 4. The third-order valence-electron chi connectivity index (χ3n) is 9.19. The summed E-state index contributed by atoms with van der Waals surface area (Å²) in [6.45, 7) is 3.05. The van der Waals surface area contributed by atoms with Gasteiger partial charge in [-0.2, -0.15) is 0 Å². The van der Waals surface area contributed by atoms with Crippen LogP contribution in [0.4, 0.5) is 0 Å². The van der Waals surface area contributed by atoms with Gasteiger partial charge in [0.25, 0.3) is 0 Å². The fourth-order valence-corrected chi connectivity index (χ4v) is 5.78. The lowest BCUT2D eigenvalue weighted by atomic mass is 9.99. The molecule has 1 saturated heterocycles. The summed E-state index contributed by atoms with van der Waals surface area (Å²) < 4.78 is 22.0. The second-order valence-corrected chi connectivity index (χ2v) is 14.4. The number of esters is 2. The summed E-state index contributed by atoms with van der Waals surface area (Å²) in [6, 6.07) is 0. The molecular weight excluding hydrogens is 749 g/mol. The normalized spacial score (nSPS) is 21.1. The molecule has 0 radical (unpaired) electrons. The Morgan fingerprint density at radius 2 is 1.00 bits per heavy atom. The van der Waals surface area contributed by atoms with Gasteiger partial charge in [-0.05, 0) is 77.0 Å². The molecule has 59 heavy (non-hydrogen) atoms. The molecule has 1 fully saturated rings. The molecule has 4 N–H and O–H groups in total. The number of aliphatic hydroxyl groups excluding tert-OH is 4. The van der Waals surface area contributed by atoms with E-state index < -0.39 is 55.4 Å². The number of hydrogen-bond acceptors (Lipinski definition) is 10. The largest absolute Gasteiger partial charge is 0.462 e. The van der Waals surface area contributed by atoms with E-state index in [0.29, 0.717) is 12.8 Å². The van der Waals surface area contributed by atoms with Gasteiger partial charge in [-0.3, -0.25) is 9.59 Å². The van der Waals surface area contributed by atoms with Crippen LogP contribution >= 0.6 is 0 Å². The van der Waals surface area contributed by atoms with E-state index in [0.717, 1.165) is 89.9 Å². The van der Waals surface area contributed by atoms with E-state index in [2.05, 4.69) is 105 Å². The van der Waals surface area contributed by atoms with E-state index in [-0.39, 0.29) is 26.1 Å². The number of allylic oxidation sites excluding steroid dienone is 17. The molecule has 1 aliphatic rings. The topological polar surface area (TPSA) is 152 Å². The van der Waals surface area contributed by atoms with Gasteiger partial charge in [-0.1, -0.05) is 149 Å². The Kier molecular flexibility index (Phi) is 34.9. The van der Waals surface area contributed by atoms with Crippen molar-refractivity contribution in [2.24, 2.45) is 0 Å². The smallest absolute Gasteiger partial charge is 0.310 e. The quantitative estimate of drug-likeness (QED) is 0.0281. The van der Waals surface area contributed by atoms with Crippen molar-refractivity contribution >= 4 is 11.9 Å². The maximum absolute atomic E-state index is 12.7. The predicted octanol–water partition coefficient (Wildman–Crippen LogP) is 9.33. The second kappa shape index (κ2) is 38.6. The van der Waals surface area contributed by atoms with Crippen LogP contribution in [0.2, 0.25) is 0 Å². The van der Waals surface area contributed by atoms with E-state index >= 15 is 0 Å². The first-order valence-electron chi connectivity index (χ1n) is 22.0. The molecule has 0 aromatic rings. The molecule has 1 aliphatic heterocycles. The molecule has 10 nitrogen and oxygen atoms in total. The van der Waals surface area contributed by atoms with Crippen molar-refractivity contribution < 1.29 is 49.0 Å². The standard InChI is InChI=1S/C49H76O10/c1-3-5-7-9-11-13-15-17-19-20-21-22-24-25-27-29-31-33-35-37-44(51)56-40-42(41-57-49-48(55)47(54)46(53)43(39-50)59-49)58-45(52)38-36-34-32-30-28-26-23-18-16-14-12-10-8-6-4-2/h5-8,11-14,17-19,21-23,28,30,34,36,42-43,46-50,53-55H,3-4,9-10,15-16,20,24-27,29,31-33,35,37-41H2,1-2H3/b7-5-,8-6-,13-11-,14-12-,19-17-,22-21-,23-18-,30-28-,36-34-. The molecule has 6 unspecified atom stereocenters. The van der Waals surface area contributed by atoms with Crippen LogP contribution in [-0.2, 0) is 28.5 Å². The highest BCUT2D eigenvalue weighted by Gasteiger charge is 2.44. The minimum atomic E-state index is -1.62. The summed E-state index contributed by atoms with van der Waals surface area (Å²) in [5.74, 6) is -0.983. The highest BCUT2D eigenvalue weighted by Crippen LogP contribution is 2.22. The molecule has 0 aliphatic carbocycles. The van der Waals surface area contributed by atoms with Crippen LogP contribution in [0, 0.1) is 0 Å². The van der Waals surface area contributed by atoms with Crippen LogP contribution in [0.3, 0.4) is 0 Å². The van der Waals surface area contributed by atoms with E-state index in [1.165, 1.54) is 0 Å². The maximum atomic E-state index is 12.7. The lowest BCUT2D eigenvalue weighted by Gasteiger charge is -2.39. The Balaban J connectivity index is 2.41. The Hall–Kier alpha value is -3.64. The van der Waals surface area contributed by atoms with Gasteiger partial charge in [-0.15, -0.1) is 0 Å². The van der Waals surface area contributed by atoms with Gasteiger partial charge in [0.1, 0.15) is 31.0 Å². The minimum absolute atomic E-state index is 0.0124. The van der Waals surface area contributed by atoms with Crippen LogP contribution in [0.1, 0.15) is 129 Å². The minimum Gasteiger partial charge on any atom is -0.462 e. The Morgan fingerprint density at radius 1 is 0.542 bits per heavy atom. The van der Waals surface area contributed by atoms with Crippen LogP contribution in [0.25, 0.3) is 0 Å². The van der Waals surface area contributed by atoms with Gasteiger partial charge in [0.05, 0.1) is 19.6 Å². The molecular formula is C49H76O10. The van der Waals surface area contributed by atoms with Crippen molar-refractivity contribution in [2.45, 2.75) is 166 Å². The Bertz CT molecular complexity index is 1320. The Labute approximate surface area is 355 Å². The van der Waals surface area contributed by atoms with Crippen molar-refractivity contribution in [2.75, 3.05) is 19.8 Å². The molecule has 0 bridgehead atoms. The summed E-state index contributed by atoms with van der Waals surface area (Å²) in [6.07, 6.45) is 45.5. The molecule has 0 spiro atoms. The first kappa shape index (κ1) is 53.4. The van der Waals surface area contributed by atoms with Crippen LogP contribution < -0.4 is 0 Å². The van der Waals surface area contributed by atoms with Crippen molar-refractivity contribution in [1.82, 2.24) is 0 Å². The maximum Gasteiger partial charge on any atom is 0.310 e. The SMILES string of the molecule is CC/C=C\C/C=C\C/C=C\C/C=C\C/C=C\CC(=O)OC(COC(=O)CCCCCCCC/C=C\C/C=C\C/C=C\C/C=C\CC)COC1OC(CO)C(O)C(O)C1O. The predicted molar refractivity (Wildman–Crippen MR) is 237 cm³/mol. The highest BCUT2D eigenvalue weighted by atomic mass is 16.7. The zero-order valence-corrected chi connectivity index (χ0v) is 35.9. The summed E-state index contributed by atoms with van der Waals surface area (Å²) >= 11 is 0. The molecule has 0 saturated carbocycles. The summed E-state index contributed by atoms with van der Waals surface area (Å²) in [7, 11) is 0. The number of rotatable bonds is 34. The molecule has 1 heterocycles. The molecule has 332 valence electrons. The van der Waals surface area contributed by atoms with E-state index in [1.54, 1.807) is 6.08 Å². The average molecular weight is 825 g/mol. The van der Waals surface area contributed by atoms with Gasteiger partial charge in [-0.25, -0.2) is 0 Å². The first-order valence-corrected chi connectivity index (χ1v) is 22.0. The molecule has 6 atom stereocenters. The molecule has 1 rings (SSSR count). The number of carbonyl (C=O) groups is 2. The third kappa shape index (κ3) is 30.1. The van der Waals surface area contributed by atoms with E-state index in [4.69, 9.17) is 18.9 Å². The monoisotopic (exact) mass is 825 g/mol. The van der Waals surface area contributed by atoms with E-state index in [1.807, 2.05) is 12.2 Å². The van der Waals surface area contributed by atoms with Crippen molar-refractivity contribution in [3.63, 3.8) is 0 Å². The third-order valence-corrected chi connectivity index (χ3v) is 9.19. The average Bonchev–Trinajstić information content (AvgIpc) is 3.23. The van der Waals surface area contributed by atoms with Crippen molar-refractivity contribution in [3.8, 4) is 0 Å². The van der Waals surface area contributed by atoms with E-state index in [9.17, 15) is 30.0 Å². The van der Waals surface area contributed by atoms with Gasteiger partial charge < -0.3 is 39.4 Å². The van der Waals surface area contributed by atoms with Crippen molar-refractivity contribution in [1.29, 1.82) is 0 Å². The van der Waals surface area contributed by atoms with Crippen LogP contribution in [0.15, 0.2) is 109 Å². The number of hydrogen-bond donors (Lipinski definition) is 4. The molecule has 0 amide bonds. The molecule has 0 aromatic heterocycles. The van der Waals surface area contributed by atoms with Gasteiger partial charge in [0.2, 0.25) is 0 Å². The summed E-state index contributed by atoms with van der Waals surface area (Å²) in [5, 5.41) is 40.0. The van der Waals surface area contributed by atoms with Crippen LogP contribution in [-0.4, -0.2) is 89.0 Å². The summed E-state index contributed by atoms with van der Waals surface area (Å²) in [4.78, 5) is 25.3. The fourth-order valence-electron chi connectivity index (χ4n) is 5.78. The lowest BCUT2D eigenvalue weighted by molar-refractivity contribution is -0.305. The Morgan fingerprint density at radius 3 is 1.51 bits per heavy atom. The first-order chi connectivity index (χ1) is 28.8. The molecule has 10 heteroatoms. The summed E-state index contributed by atoms with van der Waals surface area (Å²) in [5.41, 5.74) is 0.